The molecule has 0 spiro atoms. The van der Waals surface area contributed by atoms with Crippen LogP contribution in [0.1, 0.15) is 0 Å². The average Bonchev–Trinajstić information content (AvgIpc) is 2.75. The van der Waals surface area contributed by atoms with Crippen LogP contribution < -0.4 is 0 Å². The van der Waals surface area contributed by atoms with Crippen LogP contribution in [0.3, 0.4) is 0 Å². The maximum absolute atomic E-state index is 6.06. The second-order valence-electron chi connectivity index (χ2n) is 3.50. The number of halogens is 2. The van der Waals surface area contributed by atoms with E-state index in [0.717, 1.165) is 10.9 Å². The minimum absolute atomic E-state index is 0.599. The SMILES string of the molecule is Clc1cccc2cc(-c3cncnc3Br)oc12. The minimum Gasteiger partial charge on any atom is -0.454 e. The molecule has 3 rings (SSSR count). The summed E-state index contributed by atoms with van der Waals surface area (Å²) in [4.78, 5) is 8.04. The van der Waals surface area contributed by atoms with Gasteiger partial charge in [0.15, 0.2) is 5.58 Å². The molecule has 0 aliphatic heterocycles. The van der Waals surface area contributed by atoms with E-state index in [0.29, 0.717) is 21.0 Å². The van der Waals surface area contributed by atoms with Gasteiger partial charge in [-0.05, 0) is 28.1 Å². The molecule has 17 heavy (non-hydrogen) atoms. The van der Waals surface area contributed by atoms with Gasteiger partial charge in [-0.15, -0.1) is 0 Å². The molecular weight excluding hydrogens is 304 g/mol. The molecule has 0 saturated heterocycles. The summed E-state index contributed by atoms with van der Waals surface area (Å²) in [5.41, 5.74) is 1.49. The lowest BCUT2D eigenvalue weighted by molar-refractivity contribution is 0.630. The lowest BCUT2D eigenvalue weighted by Gasteiger charge is -1.97. The van der Waals surface area contributed by atoms with E-state index in [-0.39, 0.29) is 0 Å². The molecule has 0 bridgehead atoms. The van der Waals surface area contributed by atoms with E-state index in [1.807, 2.05) is 18.2 Å². The third-order valence-corrected chi connectivity index (χ3v) is 3.35. The molecule has 84 valence electrons. The van der Waals surface area contributed by atoms with Crippen molar-refractivity contribution in [2.24, 2.45) is 0 Å². The number of aromatic nitrogens is 2. The van der Waals surface area contributed by atoms with Crippen molar-refractivity contribution in [2.45, 2.75) is 0 Å². The van der Waals surface area contributed by atoms with Crippen molar-refractivity contribution in [2.75, 3.05) is 0 Å². The fourth-order valence-electron chi connectivity index (χ4n) is 1.64. The molecule has 2 aromatic heterocycles. The third kappa shape index (κ3) is 1.83. The average molecular weight is 310 g/mol. The summed E-state index contributed by atoms with van der Waals surface area (Å²) in [6, 6.07) is 7.56. The van der Waals surface area contributed by atoms with Crippen molar-refractivity contribution < 1.29 is 4.42 Å². The highest BCUT2D eigenvalue weighted by molar-refractivity contribution is 9.10. The van der Waals surface area contributed by atoms with Crippen LogP contribution in [0, 0.1) is 0 Å². The molecule has 0 amide bonds. The Kier molecular flexibility index (Phi) is 2.61. The van der Waals surface area contributed by atoms with Crippen molar-refractivity contribution in [3.05, 3.63) is 46.4 Å². The highest BCUT2D eigenvalue weighted by Crippen LogP contribution is 2.33. The molecule has 3 aromatic rings. The second kappa shape index (κ2) is 4.13. The predicted octanol–water partition coefficient (Wildman–Crippen LogP) is 4.31. The Balaban J connectivity index is 2.26. The highest BCUT2D eigenvalue weighted by Gasteiger charge is 2.11. The first-order valence-electron chi connectivity index (χ1n) is 4.89. The van der Waals surface area contributed by atoms with Gasteiger partial charge in [-0.2, -0.15) is 0 Å². The van der Waals surface area contributed by atoms with Crippen LogP contribution in [0.4, 0.5) is 0 Å². The van der Waals surface area contributed by atoms with E-state index in [9.17, 15) is 0 Å². The summed E-state index contributed by atoms with van der Waals surface area (Å²) in [5, 5.41) is 1.56. The Hall–Kier alpha value is -1.39. The first-order chi connectivity index (χ1) is 8.25. The summed E-state index contributed by atoms with van der Waals surface area (Å²) >= 11 is 9.43. The quantitative estimate of drug-likeness (QED) is 0.629. The van der Waals surface area contributed by atoms with Crippen LogP contribution >= 0.6 is 27.5 Å². The summed E-state index contributed by atoms with van der Waals surface area (Å²) < 4.78 is 6.42. The van der Waals surface area contributed by atoms with Crippen LogP contribution in [0.5, 0.6) is 0 Å². The largest absolute Gasteiger partial charge is 0.454 e. The van der Waals surface area contributed by atoms with Gasteiger partial charge in [0.2, 0.25) is 0 Å². The van der Waals surface area contributed by atoms with Gasteiger partial charge in [0.05, 0.1) is 10.6 Å². The Morgan fingerprint density at radius 3 is 2.94 bits per heavy atom. The lowest BCUT2D eigenvalue weighted by atomic mass is 10.2. The van der Waals surface area contributed by atoms with Gasteiger partial charge < -0.3 is 4.42 Å². The Morgan fingerprint density at radius 1 is 1.29 bits per heavy atom. The van der Waals surface area contributed by atoms with Crippen molar-refractivity contribution in [3.8, 4) is 11.3 Å². The van der Waals surface area contributed by atoms with Crippen LogP contribution in [0.25, 0.3) is 22.3 Å². The van der Waals surface area contributed by atoms with E-state index in [1.165, 1.54) is 6.33 Å². The zero-order valence-corrected chi connectivity index (χ0v) is 10.9. The zero-order chi connectivity index (χ0) is 11.8. The van der Waals surface area contributed by atoms with Gasteiger partial charge in [0.1, 0.15) is 16.7 Å². The van der Waals surface area contributed by atoms with Crippen molar-refractivity contribution in [1.29, 1.82) is 0 Å². The number of rotatable bonds is 1. The third-order valence-electron chi connectivity index (χ3n) is 2.43. The molecule has 0 saturated carbocycles. The molecule has 5 heteroatoms. The predicted molar refractivity (Wildman–Crippen MR) is 70.0 cm³/mol. The molecule has 3 nitrogen and oxygen atoms in total. The summed E-state index contributed by atoms with van der Waals surface area (Å²) in [7, 11) is 0. The number of fused-ring (bicyclic) bond motifs is 1. The van der Waals surface area contributed by atoms with Crippen LogP contribution in [-0.4, -0.2) is 9.97 Å². The maximum atomic E-state index is 6.06. The van der Waals surface area contributed by atoms with E-state index in [1.54, 1.807) is 12.3 Å². The van der Waals surface area contributed by atoms with E-state index < -0.39 is 0 Å². The van der Waals surface area contributed by atoms with Crippen LogP contribution in [0.2, 0.25) is 5.02 Å². The molecule has 0 atom stereocenters. The molecule has 2 heterocycles. The van der Waals surface area contributed by atoms with Gasteiger partial charge in [-0.25, -0.2) is 9.97 Å². The molecule has 0 radical (unpaired) electrons. The normalized spacial score (nSPS) is 10.9. The van der Waals surface area contributed by atoms with E-state index in [4.69, 9.17) is 16.0 Å². The summed E-state index contributed by atoms with van der Waals surface area (Å²) in [5.74, 6) is 0.695. The molecule has 1 aromatic carbocycles. The standard InChI is InChI=1S/C12H6BrClN2O/c13-12-8(5-15-6-16-12)10-4-7-2-1-3-9(14)11(7)17-10/h1-6H. The van der Waals surface area contributed by atoms with Crippen molar-refractivity contribution in [1.82, 2.24) is 9.97 Å². The second-order valence-corrected chi connectivity index (χ2v) is 4.65. The van der Waals surface area contributed by atoms with Crippen LogP contribution in [-0.2, 0) is 0 Å². The number of para-hydroxylation sites is 1. The van der Waals surface area contributed by atoms with Crippen molar-refractivity contribution >= 4 is 38.5 Å². The number of hydrogen-bond donors (Lipinski definition) is 0. The minimum atomic E-state index is 0.599. The fraction of sp³-hybridized carbons (Fsp3) is 0. The fourth-order valence-corrected chi connectivity index (χ4v) is 2.25. The molecule has 0 unspecified atom stereocenters. The summed E-state index contributed by atoms with van der Waals surface area (Å²) in [6.07, 6.45) is 3.17. The number of nitrogens with zero attached hydrogens (tertiary/aromatic N) is 2. The lowest BCUT2D eigenvalue weighted by Crippen LogP contribution is -1.83. The monoisotopic (exact) mass is 308 g/mol. The molecular formula is C12H6BrClN2O. The number of benzene rings is 1. The molecule has 0 aliphatic carbocycles. The molecule has 0 aliphatic rings. The Morgan fingerprint density at radius 2 is 2.18 bits per heavy atom. The first-order valence-corrected chi connectivity index (χ1v) is 6.07. The smallest absolute Gasteiger partial charge is 0.153 e. The Labute approximate surface area is 111 Å². The number of hydrogen-bond acceptors (Lipinski definition) is 3. The Bertz CT molecular complexity index is 696. The first kappa shape index (κ1) is 10.7. The van der Waals surface area contributed by atoms with Gasteiger partial charge in [0, 0.05) is 11.6 Å². The van der Waals surface area contributed by atoms with Crippen molar-refractivity contribution in [3.63, 3.8) is 0 Å². The van der Waals surface area contributed by atoms with Gasteiger partial charge in [0.25, 0.3) is 0 Å². The molecule has 0 fully saturated rings. The highest BCUT2D eigenvalue weighted by atomic mass is 79.9. The topological polar surface area (TPSA) is 38.9 Å². The van der Waals surface area contributed by atoms with Crippen LogP contribution in [0.15, 0.2) is 45.8 Å². The summed E-state index contributed by atoms with van der Waals surface area (Å²) in [6.45, 7) is 0. The van der Waals surface area contributed by atoms with E-state index in [2.05, 4.69) is 25.9 Å². The number of furan rings is 1. The zero-order valence-electron chi connectivity index (χ0n) is 8.52. The van der Waals surface area contributed by atoms with Gasteiger partial charge in [-0.1, -0.05) is 23.7 Å². The van der Waals surface area contributed by atoms with Gasteiger partial charge >= 0.3 is 0 Å². The van der Waals surface area contributed by atoms with Gasteiger partial charge in [-0.3, -0.25) is 0 Å². The molecule has 0 N–H and O–H groups in total. The maximum Gasteiger partial charge on any atom is 0.153 e. The van der Waals surface area contributed by atoms with E-state index >= 15 is 0 Å².